The maximum Gasteiger partial charge on any atom is 0.263 e. The van der Waals surface area contributed by atoms with Crippen LogP contribution in [0.2, 0.25) is 0 Å². The number of nitrogens with one attached hydrogen (secondary N) is 1. The lowest BCUT2D eigenvalue weighted by molar-refractivity contribution is 0.151. The first-order valence-electron chi connectivity index (χ1n) is 6.50. The summed E-state index contributed by atoms with van der Waals surface area (Å²) in [5.41, 5.74) is 2.50. The van der Waals surface area contributed by atoms with Gasteiger partial charge in [0.25, 0.3) is 6.43 Å². The summed E-state index contributed by atoms with van der Waals surface area (Å²) in [6, 6.07) is 6.19. The number of halogens is 2. The van der Waals surface area contributed by atoms with Crippen LogP contribution in [-0.2, 0) is 6.42 Å². The van der Waals surface area contributed by atoms with Crippen LogP contribution in [0.5, 0.6) is 0 Å². The molecule has 5 heteroatoms. The highest BCUT2D eigenvalue weighted by molar-refractivity contribution is 5.60. The molecule has 3 nitrogen and oxygen atoms in total. The fourth-order valence-electron chi connectivity index (χ4n) is 2.09. The first-order chi connectivity index (χ1) is 9.56. The van der Waals surface area contributed by atoms with Crippen LogP contribution >= 0.6 is 0 Å². The van der Waals surface area contributed by atoms with Gasteiger partial charge in [0.2, 0.25) is 0 Å². The number of alkyl halides is 2. The Balaban J connectivity index is 2.54. The summed E-state index contributed by atoms with van der Waals surface area (Å²) >= 11 is 0. The molecule has 0 saturated heterocycles. The molecule has 0 aliphatic rings. The van der Waals surface area contributed by atoms with E-state index in [1.54, 1.807) is 19.2 Å². The second-order valence-corrected chi connectivity index (χ2v) is 4.50. The van der Waals surface area contributed by atoms with E-state index in [9.17, 15) is 8.78 Å². The zero-order valence-corrected chi connectivity index (χ0v) is 11.7. The lowest BCUT2D eigenvalue weighted by Crippen LogP contribution is -2.04. The molecule has 0 bridgehead atoms. The molecular formula is C15H17F2N3. The van der Waals surface area contributed by atoms with Gasteiger partial charge in [-0.1, -0.05) is 25.1 Å². The molecule has 1 N–H and O–H groups in total. The van der Waals surface area contributed by atoms with Crippen LogP contribution < -0.4 is 5.32 Å². The lowest BCUT2D eigenvalue weighted by atomic mass is 10.1. The minimum absolute atomic E-state index is 0.0178. The predicted molar refractivity (Wildman–Crippen MR) is 76.1 cm³/mol. The van der Waals surface area contributed by atoms with Gasteiger partial charge < -0.3 is 5.32 Å². The minimum Gasteiger partial charge on any atom is -0.373 e. The Labute approximate surface area is 117 Å². The molecule has 0 radical (unpaired) electrons. The average molecular weight is 277 g/mol. The van der Waals surface area contributed by atoms with Gasteiger partial charge in [0.05, 0.1) is 0 Å². The van der Waals surface area contributed by atoms with Gasteiger partial charge in [0, 0.05) is 29.4 Å². The Morgan fingerprint density at radius 2 is 2.00 bits per heavy atom. The van der Waals surface area contributed by atoms with E-state index >= 15 is 0 Å². The third kappa shape index (κ3) is 2.76. The van der Waals surface area contributed by atoms with Crippen molar-refractivity contribution < 1.29 is 8.78 Å². The van der Waals surface area contributed by atoms with E-state index < -0.39 is 6.43 Å². The zero-order valence-electron chi connectivity index (χ0n) is 11.7. The quantitative estimate of drug-likeness (QED) is 0.918. The number of hydrogen-bond acceptors (Lipinski definition) is 3. The molecular weight excluding hydrogens is 260 g/mol. The van der Waals surface area contributed by atoms with Crippen molar-refractivity contribution >= 4 is 5.82 Å². The Morgan fingerprint density at radius 1 is 1.25 bits per heavy atom. The molecule has 2 aromatic rings. The van der Waals surface area contributed by atoms with E-state index in [1.807, 2.05) is 13.8 Å². The van der Waals surface area contributed by atoms with Crippen LogP contribution in [0.4, 0.5) is 14.6 Å². The summed E-state index contributed by atoms with van der Waals surface area (Å²) < 4.78 is 25.5. The second kappa shape index (κ2) is 5.94. The Bertz CT molecular complexity index is 587. The Kier molecular flexibility index (Phi) is 4.27. The predicted octanol–water partition coefficient (Wildman–Crippen LogP) is 3.99. The first-order valence-corrected chi connectivity index (χ1v) is 6.50. The minimum atomic E-state index is -2.49. The van der Waals surface area contributed by atoms with E-state index in [2.05, 4.69) is 15.3 Å². The van der Waals surface area contributed by atoms with Crippen LogP contribution in [0.15, 0.2) is 24.3 Å². The maximum atomic E-state index is 12.8. The van der Waals surface area contributed by atoms with E-state index in [0.717, 1.165) is 23.5 Å². The smallest absolute Gasteiger partial charge is 0.263 e. The van der Waals surface area contributed by atoms with Crippen molar-refractivity contribution in [3.05, 3.63) is 41.1 Å². The van der Waals surface area contributed by atoms with E-state index in [1.165, 1.54) is 12.1 Å². The molecule has 20 heavy (non-hydrogen) atoms. The van der Waals surface area contributed by atoms with E-state index in [-0.39, 0.29) is 5.56 Å². The Morgan fingerprint density at radius 3 is 2.60 bits per heavy atom. The van der Waals surface area contributed by atoms with Gasteiger partial charge in [-0.25, -0.2) is 18.7 Å². The molecule has 1 aromatic heterocycles. The summed E-state index contributed by atoms with van der Waals surface area (Å²) in [4.78, 5) is 8.88. The number of benzene rings is 1. The molecule has 0 amide bonds. The van der Waals surface area contributed by atoms with Gasteiger partial charge >= 0.3 is 0 Å². The maximum absolute atomic E-state index is 12.8. The zero-order chi connectivity index (χ0) is 14.7. The van der Waals surface area contributed by atoms with E-state index in [0.29, 0.717) is 11.4 Å². The van der Waals surface area contributed by atoms with Crippen molar-refractivity contribution in [2.45, 2.75) is 26.7 Å². The second-order valence-electron chi connectivity index (χ2n) is 4.50. The molecule has 2 rings (SSSR count). The molecule has 0 unspecified atom stereocenters. The standard InChI is InChI=1S/C15H17F2N3/c1-4-12-9(2)14(18-3)20-15(19-12)11-7-5-6-10(8-11)13(16)17/h5-8,13H,4H2,1-3H3,(H,18,19,20). The van der Waals surface area contributed by atoms with Crippen molar-refractivity contribution in [3.8, 4) is 11.4 Å². The fourth-order valence-corrected chi connectivity index (χ4v) is 2.09. The molecule has 0 atom stereocenters. The summed E-state index contributed by atoms with van der Waals surface area (Å²) in [6.07, 6.45) is -1.72. The van der Waals surface area contributed by atoms with Crippen molar-refractivity contribution in [2.24, 2.45) is 0 Å². The highest BCUT2D eigenvalue weighted by Crippen LogP contribution is 2.26. The van der Waals surface area contributed by atoms with Crippen LogP contribution in [0.3, 0.4) is 0 Å². The molecule has 1 aromatic carbocycles. The van der Waals surface area contributed by atoms with Gasteiger partial charge in [-0.15, -0.1) is 0 Å². The van der Waals surface area contributed by atoms with Crippen molar-refractivity contribution in [2.75, 3.05) is 12.4 Å². The first kappa shape index (κ1) is 14.4. The molecule has 0 spiro atoms. The van der Waals surface area contributed by atoms with Gasteiger partial charge in [-0.2, -0.15) is 0 Å². The topological polar surface area (TPSA) is 37.8 Å². The lowest BCUT2D eigenvalue weighted by Gasteiger charge is -2.11. The van der Waals surface area contributed by atoms with Gasteiger partial charge in [-0.05, 0) is 19.4 Å². The normalized spacial score (nSPS) is 10.9. The summed E-state index contributed by atoms with van der Waals surface area (Å²) in [6.45, 7) is 3.96. The molecule has 1 heterocycles. The molecule has 0 aliphatic carbocycles. The number of aryl methyl sites for hydroxylation is 1. The number of aromatic nitrogens is 2. The van der Waals surface area contributed by atoms with Crippen LogP contribution in [0.1, 0.15) is 30.2 Å². The van der Waals surface area contributed by atoms with E-state index in [4.69, 9.17) is 0 Å². The SMILES string of the molecule is CCc1nc(-c2cccc(C(F)F)c2)nc(NC)c1C. The average Bonchev–Trinajstić information content (AvgIpc) is 2.47. The van der Waals surface area contributed by atoms with Crippen molar-refractivity contribution in [3.63, 3.8) is 0 Å². The van der Waals surface area contributed by atoms with Crippen LogP contribution in [0, 0.1) is 6.92 Å². The monoisotopic (exact) mass is 277 g/mol. The highest BCUT2D eigenvalue weighted by Gasteiger charge is 2.13. The molecule has 106 valence electrons. The number of hydrogen-bond donors (Lipinski definition) is 1. The van der Waals surface area contributed by atoms with Crippen LogP contribution in [-0.4, -0.2) is 17.0 Å². The third-order valence-corrected chi connectivity index (χ3v) is 3.22. The largest absolute Gasteiger partial charge is 0.373 e. The molecule has 0 aliphatic heterocycles. The van der Waals surface area contributed by atoms with Crippen LogP contribution in [0.25, 0.3) is 11.4 Å². The third-order valence-electron chi connectivity index (χ3n) is 3.22. The fraction of sp³-hybridized carbons (Fsp3) is 0.333. The molecule has 0 fully saturated rings. The Hall–Kier alpha value is -2.04. The summed E-state index contributed by atoms with van der Waals surface area (Å²) in [5.74, 6) is 1.20. The van der Waals surface area contributed by atoms with Gasteiger partial charge in [0.1, 0.15) is 5.82 Å². The van der Waals surface area contributed by atoms with Crippen molar-refractivity contribution in [1.82, 2.24) is 9.97 Å². The molecule has 0 saturated carbocycles. The van der Waals surface area contributed by atoms with Gasteiger partial charge in [0.15, 0.2) is 5.82 Å². The van der Waals surface area contributed by atoms with Crippen molar-refractivity contribution in [1.29, 1.82) is 0 Å². The number of anilines is 1. The number of nitrogens with zero attached hydrogens (tertiary/aromatic N) is 2. The van der Waals surface area contributed by atoms with Gasteiger partial charge in [-0.3, -0.25) is 0 Å². The highest BCUT2D eigenvalue weighted by atomic mass is 19.3. The summed E-state index contributed by atoms with van der Waals surface area (Å²) in [5, 5.41) is 3.02. The number of rotatable bonds is 4. The summed E-state index contributed by atoms with van der Waals surface area (Å²) in [7, 11) is 1.79.